The summed E-state index contributed by atoms with van der Waals surface area (Å²) in [6.45, 7) is 6.18. The first kappa shape index (κ1) is 16.4. The summed E-state index contributed by atoms with van der Waals surface area (Å²) in [6.07, 6.45) is 2.65. The number of anilines is 2. The van der Waals surface area contributed by atoms with Gasteiger partial charge in [0.15, 0.2) is 0 Å². The first-order chi connectivity index (χ1) is 11.2. The van der Waals surface area contributed by atoms with E-state index in [9.17, 15) is 8.78 Å². The zero-order valence-corrected chi connectivity index (χ0v) is 13.7. The van der Waals surface area contributed by atoms with Crippen LogP contribution in [0.2, 0.25) is 0 Å². The third-order valence-corrected chi connectivity index (χ3v) is 4.84. The monoisotopic (exact) mass is 325 g/mol. The molecule has 128 valence electrons. The van der Waals surface area contributed by atoms with Gasteiger partial charge in [0.25, 0.3) is 6.43 Å². The molecular formula is C16H25F2N5. The SMILES string of the molecule is CCC1CN(c2cc(N3CCCC3)ncn2)CCN1CC(F)F. The van der Waals surface area contributed by atoms with Gasteiger partial charge in [-0.05, 0) is 19.3 Å². The maximum atomic E-state index is 12.7. The summed E-state index contributed by atoms with van der Waals surface area (Å²) in [5.41, 5.74) is 0. The van der Waals surface area contributed by atoms with Crippen molar-refractivity contribution in [2.45, 2.75) is 38.7 Å². The van der Waals surface area contributed by atoms with E-state index >= 15 is 0 Å². The van der Waals surface area contributed by atoms with Gasteiger partial charge >= 0.3 is 0 Å². The van der Waals surface area contributed by atoms with Gasteiger partial charge in [0, 0.05) is 44.8 Å². The second kappa shape index (κ2) is 7.38. The zero-order valence-electron chi connectivity index (χ0n) is 13.7. The third-order valence-electron chi connectivity index (χ3n) is 4.84. The minimum absolute atomic E-state index is 0.130. The molecule has 0 saturated carbocycles. The maximum absolute atomic E-state index is 12.7. The predicted octanol–water partition coefficient (Wildman–Crippen LogP) is 2.24. The van der Waals surface area contributed by atoms with E-state index in [0.29, 0.717) is 6.54 Å². The number of hydrogen-bond donors (Lipinski definition) is 0. The van der Waals surface area contributed by atoms with Crippen LogP contribution in [0.4, 0.5) is 20.4 Å². The summed E-state index contributed by atoms with van der Waals surface area (Å²) in [5, 5.41) is 0. The summed E-state index contributed by atoms with van der Waals surface area (Å²) < 4.78 is 25.4. The van der Waals surface area contributed by atoms with E-state index in [0.717, 1.165) is 44.2 Å². The van der Waals surface area contributed by atoms with Gasteiger partial charge in [-0.3, -0.25) is 4.90 Å². The average Bonchev–Trinajstić information content (AvgIpc) is 3.09. The molecule has 1 atom stereocenters. The fourth-order valence-electron chi connectivity index (χ4n) is 3.54. The standard InChI is InChI=1S/C16H25F2N5/c1-2-13-10-23(8-7-22(13)11-14(17)18)16-9-15(19-12-20-16)21-5-3-4-6-21/h9,12-14H,2-8,10-11H2,1H3. The molecule has 2 aliphatic rings. The second-order valence-electron chi connectivity index (χ2n) is 6.32. The molecule has 2 fully saturated rings. The summed E-state index contributed by atoms with van der Waals surface area (Å²) in [7, 11) is 0. The Morgan fingerprint density at radius 3 is 2.43 bits per heavy atom. The van der Waals surface area contributed by atoms with Crippen molar-refractivity contribution in [1.82, 2.24) is 14.9 Å². The molecule has 23 heavy (non-hydrogen) atoms. The largest absolute Gasteiger partial charge is 0.356 e. The van der Waals surface area contributed by atoms with Gasteiger partial charge in [0.2, 0.25) is 0 Å². The molecule has 0 aromatic carbocycles. The highest BCUT2D eigenvalue weighted by atomic mass is 19.3. The highest BCUT2D eigenvalue weighted by molar-refractivity contribution is 5.51. The fraction of sp³-hybridized carbons (Fsp3) is 0.750. The minimum atomic E-state index is -2.27. The number of alkyl halides is 2. The van der Waals surface area contributed by atoms with Crippen LogP contribution in [0.25, 0.3) is 0 Å². The smallest absolute Gasteiger partial charge is 0.251 e. The number of rotatable bonds is 5. The molecule has 0 radical (unpaired) electrons. The van der Waals surface area contributed by atoms with Gasteiger partial charge in [-0.2, -0.15) is 0 Å². The van der Waals surface area contributed by atoms with Crippen molar-refractivity contribution in [2.75, 3.05) is 49.1 Å². The molecule has 7 heteroatoms. The summed E-state index contributed by atoms with van der Waals surface area (Å²) >= 11 is 0. The van der Waals surface area contributed by atoms with E-state index < -0.39 is 6.43 Å². The van der Waals surface area contributed by atoms with Crippen LogP contribution in [0.1, 0.15) is 26.2 Å². The molecule has 0 bridgehead atoms. The van der Waals surface area contributed by atoms with E-state index in [4.69, 9.17) is 0 Å². The van der Waals surface area contributed by atoms with Crippen LogP contribution in [-0.2, 0) is 0 Å². The number of nitrogens with zero attached hydrogens (tertiary/aromatic N) is 5. The predicted molar refractivity (Wildman–Crippen MR) is 87.3 cm³/mol. The first-order valence-electron chi connectivity index (χ1n) is 8.51. The molecule has 3 heterocycles. The van der Waals surface area contributed by atoms with Crippen molar-refractivity contribution in [3.63, 3.8) is 0 Å². The van der Waals surface area contributed by atoms with Crippen molar-refractivity contribution in [2.24, 2.45) is 0 Å². The van der Waals surface area contributed by atoms with E-state index in [1.54, 1.807) is 6.33 Å². The molecule has 1 aromatic heterocycles. The second-order valence-corrected chi connectivity index (χ2v) is 6.32. The Labute approximate surface area is 136 Å². The number of piperazine rings is 1. The molecule has 5 nitrogen and oxygen atoms in total. The molecule has 1 unspecified atom stereocenters. The highest BCUT2D eigenvalue weighted by Gasteiger charge is 2.28. The topological polar surface area (TPSA) is 35.5 Å². The Balaban J connectivity index is 1.69. The van der Waals surface area contributed by atoms with Crippen molar-refractivity contribution in [3.8, 4) is 0 Å². The number of halogens is 2. The van der Waals surface area contributed by atoms with Gasteiger partial charge in [-0.25, -0.2) is 18.7 Å². The lowest BCUT2D eigenvalue weighted by atomic mass is 10.1. The van der Waals surface area contributed by atoms with Gasteiger partial charge in [-0.15, -0.1) is 0 Å². The van der Waals surface area contributed by atoms with Crippen molar-refractivity contribution >= 4 is 11.6 Å². The highest BCUT2D eigenvalue weighted by Crippen LogP contribution is 2.24. The summed E-state index contributed by atoms with van der Waals surface area (Å²) in [4.78, 5) is 15.2. The van der Waals surface area contributed by atoms with Gasteiger partial charge in [-0.1, -0.05) is 6.92 Å². The molecule has 2 aliphatic heterocycles. The van der Waals surface area contributed by atoms with Crippen molar-refractivity contribution < 1.29 is 8.78 Å². The quantitative estimate of drug-likeness (QED) is 0.830. The molecule has 1 aromatic rings. The first-order valence-corrected chi connectivity index (χ1v) is 8.51. The van der Waals surface area contributed by atoms with Crippen LogP contribution < -0.4 is 9.80 Å². The van der Waals surface area contributed by atoms with Crippen LogP contribution in [0.15, 0.2) is 12.4 Å². The Morgan fingerprint density at radius 2 is 1.78 bits per heavy atom. The zero-order chi connectivity index (χ0) is 16.2. The molecule has 3 rings (SSSR count). The van der Waals surface area contributed by atoms with E-state index in [1.807, 2.05) is 11.0 Å². The molecular weight excluding hydrogens is 300 g/mol. The Hall–Kier alpha value is -1.50. The fourth-order valence-corrected chi connectivity index (χ4v) is 3.54. The molecule has 2 saturated heterocycles. The minimum Gasteiger partial charge on any atom is -0.356 e. The number of aromatic nitrogens is 2. The Kier molecular flexibility index (Phi) is 5.25. The van der Waals surface area contributed by atoms with Crippen LogP contribution in [0, 0.1) is 0 Å². The van der Waals surface area contributed by atoms with Crippen LogP contribution in [-0.4, -0.2) is 66.6 Å². The third kappa shape index (κ3) is 3.88. The van der Waals surface area contributed by atoms with E-state index in [2.05, 4.69) is 26.7 Å². The Bertz CT molecular complexity index is 507. The van der Waals surface area contributed by atoms with Crippen LogP contribution in [0.5, 0.6) is 0 Å². The lowest BCUT2D eigenvalue weighted by Crippen LogP contribution is -2.54. The van der Waals surface area contributed by atoms with E-state index in [-0.39, 0.29) is 12.6 Å². The summed E-state index contributed by atoms with van der Waals surface area (Å²) in [6, 6.07) is 2.20. The normalized spacial score (nSPS) is 23.0. The van der Waals surface area contributed by atoms with Gasteiger partial charge in [0.05, 0.1) is 6.54 Å². The maximum Gasteiger partial charge on any atom is 0.251 e. The van der Waals surface area contributed by atoms with Gasteiger partial charge < -0.3 is 9.80 Å². The average molecular weight is 325 g/mol. The van der Waals surface area contributed by atoms with Crippen molar-refractivity contribution in [3.05, 3.63) is 12.4 Å². The molecule has 0 N–H and O–H groups in total. The Morgan fingerprint density at radius 1 is 1.09 bits per heavy atom. The lowest BCUT2D eigenvalue weighted by molar-refractivity contribution is 0.0586. The lowest BCUT2D eigenvalue weighted by Gasteiger charge is -2.41. The summed E-state index contributed by atoms with van der Waals surface area (Å²) in [5.74, 6) is 1.90. The van der Waals surface area contributed by atoms with Crippen LogP contribution >= 0.6 is 0 Å². The molecule has 0 aliphatic carbocycles. The van der Waals surface area contributed by atoms with E-state index in [1.165, 1.54) is 12.8 Å². The van der Waals surface area contributed by atoms with Crippen LogP contribution in [0.3, 0.4) is 0 Å². The molecule has 0 amide bonds. The molecule has 0 spiro atoms. The van der Waals surface area contributed by atoms with Crippen molar-refractivity contribution in [1.29, 1.82) is 0 Å². The van der Waals surface area contributed by atoms with Gasteiger partial charge in [0.1, 0.15) is 18.0 Å². The number of hydrogen-bond acceptors (Lipinski definition) is 5.